The molecule has 1 aromatic carbocycles. The van der Waals surface area contributed by atoms with Crippen LogP contribution in [-0.4, -0.2) is 40.3 Å². The predicted octanol–water partition coefficient (Wildman–Crippen LogP) is 5.02. The molecule has 1 heterocycles. The zero-order valence-corrected chi connectivity index (χ0v) is 20.3. The number of ether oxygens (including phenoxy) is 1. The molecule has 0 spiro atoms. The predicted molar refractivity (Wildman–Crippen MR) is 99.7 cm³/mol. The molecule has 2 atom stereocenters. The number of carbonyl (C=O) groups is 2. The van der Waals surface area contributed by atoms with Gasteiger partial charge in [0.1, 0.15) is 11.6 Å². The molecular weight excluding hydrogens is 450 g/mol. The molecule has 27 heavy (non-hydrogen) atoms. The van der Waals surface area contributed by atoms with Crippen molar-refractivity contribution in [1.82, 2.24) is 4.90 Å². The van der Waals surface area contributed by atoms with Crippen molar-refractivity contribution in [3.63, 3.8) is 0 Å². The van der Waals surface area contributed by atoms with Gasteiger partial charge in [-0.2, -0.15) is 6.07 Å². The Bertz CT molecular complexity index is 557. The number of hydrogen-bond acceptors (Lipinski definition) is 3. The SMILES string of the molecule is CC.CC1CCN(C(=O)OC(C)(C)C)C1C(=O)O.Fc1c[c-]c(Cl)cc1.[Y]. The summed E-state index contributed by atoms with van der Waals surface area (Å²) in [5, 5.41) is 9.49. The molecule has 151 valence electrons. The standard InChI is InChI=1S/C11H19NO4.C6H3ClF.C2H6.Y/c1-7-5-6-12(8(7)9(13)14)10(15)16-11(2,3)4;7-5-1-3-6(8)4-2-5;1-2;/h7-8H,5-6H2,1-4H3,(H,13,14);1,3-4H;1-2H3;/q;-1;;. The van der Waals surface area contributed by atoms with E-state index in [2.05, 4.69) is 6.07 Å². The number of rotatable bonds is 1. The van der Waals surface area contributed by atoms with Gasteiger partial charge in [-0.15, -0.1) is 29.8 Å². The minimum absolute atomic E-state index is 0. The van der Waals surface area contributed by atoms with Gasteiger partial charge < -0.3 is 9.84 Å². The van der Waals surface area contributed by atoms with Gasteiger partial charge >= 0.3 is 12.1 Å². The molecule has 0 aromatic heterocycles. The van der Waals surface area contributed by atoms with E-state index in [4.69, 9.17) is 21.4 Å². The van der Waals surface area contributed by atoms with Crippen molar-refractivity contribution in [2.45, 2.75) is 59.6 Å². The van der Waals surface area contributed by atoms with Crippen LogP contribution < -0.4 is 0 Å². The van der Waals surface area contributed by atoms with Gasteiger partial charge in [-0.1, -0.05) is 25.8 Å². The molecule has 0 aliphatic carbocycles. The van der Waals surface area contributed by atoms with Crippen molar-refractivity contribution in [1.29, 1.82) is 0 Å². The summed E-state index contributed by atoms with van der Waals surface area (Å²) >= 11 is 5.39. The van der Waals surface area contributed by atoms with Gasteiger partial charge in [-0.05, 0) is 33.1 Å². The molecular formula is C19H28ClFNO4Y-. The summed E-state index contributed by atoms with van der Waals surface area (Å²) in [4.78, 5) is 24.1. The minimum atomic E-state index is -0.962. The zero-order valence-electron chi connectivity index (χ0n) is 16.8. The third kappa shape index (κ3) is 11.0. The van der Waals surface area contributed by atoms with Gasteiger partial charge in [0.2, 0.25) is 0 Å². The number of nitrogens with zero attached hydrogens (tertiary/aromatic N) is 1. The minimum Gasteiger partial charge on any atom is -0.480 e. The number of carbonyl (C=O) groups excluding carboxylic acids is 1. The van der Waals surface area contributed by atoms with Crippen molar-refractivity contribution in [2.24, 2.45) is 5.92 Å². The Hall–Kier alpha value is -0.716. The Balaban J connectivity index is 0. The van der Waals surface area contributed by atoms with E-state index in [1.807, 2.05) is 20.8 Å². The first-order valence-electron chi connectivity index (χ1n) is 8.56. The van der Waals surface area contributed by atoms with E-state index in [9.17, 15) is 14.0 Å². The van der Waals surface area contributed by atoms with Crippen molar-refractivity contribution in [3.05, 3.63) is 35.1 Å². The molecule has 2 rings (SSSR count). The summed E-state index contributed by atoms with van der Waals surface area (Å²) in [5.41, 5.74) is -0.591. The maximum atomic E-state index is 12.0. The normalized spacial score (nSPS) is 18.1. The van der Waals surface area contributed by atoms with Gasteiger partial charge in [0.25, 0.3) is 0 Å². The molecule has 1 saturated heterocycles. The van der Waals surface area contributed by atoms with E-state index in [0.717, 1.165) is 0 Å². The van der Waals surface area contributed by atoms with Crippen LogP contribution in [0.4, 0.5) is 9.18 Å². The first-order valence-corrected chi connectivity index (χ1v) is 8.94. The molecule has 1 fully saturated rings. The fourth-order valence-corrected chi connectivity index (χ4v) is 2.35. The Kier molecular flexibility index (Phi) is 14.2. The van der Waals surface area contributed by atoms with E-state index in [1.165, 1.54) is 23.1 Å². The second-order valence-electron chi connectivity index (χ2n) is 6.58. The number of carboxylic acids is 1. The van der Waals surface area contributed by atoms with Gasteiger partial charge in [-0.3, -0.25) is 9.29 Å². The molecule has 5 nitrogen and oxygen atoms in total. The van der Waals surface area contributed by atoms with Crippen LogP contribution in [0.25, 0.3) is 0 Å². The van der Waals surface area contributed by atoms with Gasteiger partial charge in [-0.25, -0.2) is 9.59 Å². The van der Waals surface area contributed by atoms with Crippen LogP contribution in [0.2, 0.25) is 5.02 Å². The summed E-state index contributed by atoms with van der Waals surface area (Å²) in [7, 11) is 0. The smallest absolute Gasteiger partial charge is 0.411 e. The average molecular weight is 478 g/mol. The van der Waals surface area contributed by atoms with E-state index >= 15 is 0 Å². The second kappa shape index (κ2) is 13.5. The van der Waals surface area contributed by atoms with Gasteiger partial charge in [0.15, 0.2) is 0 Å². The number of carboxylic acid groups (broad SMARTS) is 1. The maximum absolute atomic E-state index is 12.0. The number of benzene rings is 1. The van der Waals surface area contributed by atoms with Crippen LogP contribution in [0.1, 0.15) is 48.0 Å². The van der Waals surface area contributed by atoms with Crippen LogP contribution in [0, 0.1) is 17.8 Å². The summed E-state index contributed by atoms with van der Waals surface area (Å²) in [6.45, 7) is 11.6. The third-order valence-corrected chi connectivity index (χ3v) is 3.55. The van der Waals surface area contributed by atoms with Gasteiger partial charge in [0.05, 0.1) is 0 Å². The summed E-state index contributed by atoms with van der Waals surface area (Å²) in [6.07, 6.45) is 0.167. The Morgan fingerprint density at radius 2 is 1.89 bits per heavy atom. The van der Waals surface area contributed by atoms with E-state index in [1.54, 1.807) is 20.8 Å². The molecule has 1 amide bonds. The van der Waals surface area contributed by atoms with Crippen LogP contribution in [0.15, 0.2) is 18.2 Å². The van der Waals surface area contributed by atoms with Crippen LogP contribution in [0.5, 0.6) is 0 Å². The first kappa shape index (κ1) is 28.5. The zero-order chi connectivity index (χ0) is 20.5. The number of halogens is 2. The van der Waals surface area contributed by atoms with Crippen molar-refractivity contribution < 1.29 is 56.5 Å². The summed E-state index contributed by atoms with van der Waals surface area (Å²) in [5.74, 6) is -1.30. The Labute approximate surface area is 191 Å². The number of aliphatic carboxylic acids is 1. The molecule has 0 saturated carbocycles. The summed E-state index contributed by atoms with van der Waals surface area (Å²) in [6, 6.07) is 5.68. The summed E-state index contributed by atoms with van der Waals surface area (Å²) < 4.78 is 17.2. The number of amides is 1. The van der Waals surface area contributed by atoms with Crippen molar-refractivity contribution in [3.8, 4) is 0 Å². The first-order chi connectivity index (χ1) is 12.0. The fraction of sp³-hybridized carbons (Fsp3) is 0.579. The third-order valence-electron chi connectivity index (χ3n) is 3.32. The molecule has 1 N–H and O–H groups in total. The Morgan fingerprint density at radius 1 is 1.33 bits per heavy atom. The topological polar surface area (TPSA) is 66.8 Å². The molecule has 1 radical (unpaired) electrons. The van der Waals surface area contributed by atoms with E-state index < -0.39 is 23.7 Å². The monoisotopic (exact) mass is 477 g/mol. The van der Waals surface area contributed by atoms with Crippen LogP contribution in [0.3, 0.4) is 0 Å². The average Bonchev–Trinajstić information content (AvgIpc) is 2.93. The largest absolute Gasteiger partial charge is 0.480 e. The molecule has 2 unspecified atom stereocenters. The van der Waals surface area contributed by atoms with E-state index in [0.29, 0.717) is 18.0 Å². The number of hydrogen-bond donors (Lipinski definition) is 1. The molecule has 1 aliphatic rings. The van der Waals surface area contributed by atoms with Crippen LogP contribution >= 0.6 is 11.6 Å². The number of likely N-dealkylation sites (tertiary alicyclic amines) is 1. The molecule has 1 aliphatic heterocycles. The van der Waals surface area contributed by atoms with Crippen molar-refractivity contribution in [2.75, 3.05) is 6.54 Å². The second-order valence-corrected chi connectivity index (χ2v) is 6.98. The molecule has 1 aromatic rings. The Morgan fingerprint density at radius 3 is 2.26 bits per heavy atom. The maximum Gasteiger partial charge on any atom is 0.411 e. The van der Waals surface area contributed by atoms with Crippen molar-refractivity contribution >= 4 is 23.7 Å². The van der Waals surface area contributed by atoms with Gasteiger partial charge in [0, 0.05) is 45.1 Å². The quantitative estimate of drug-likeness (QED) is 0.577. The molecule has 0 bridgehead atoms. The van der Waals surface area contributed by atoms with E-state index in [-0.39, 0.29) is 44.4 Å². The van der Waals surface area contributed by atoms with Crippen LogP contribution in [-0.2, 0) is 42.2 Å². The fourth-order valence-electron chi connectivity index (χ4n) is 2.24. The molecule has 8 heteroatoms.